The van der Waals surface area contributed by atoms with E-state index in [-0.39, 0.29) is 0 Å². The molecule has 0 aromatic heterocycles. The van der Waals surface area contributed by atoms with Crippen LogP contribution < -0.4 is 0 Å². The number of hydrogen-bond donors (Lipinski definition) is 0. The predicted molar refractivity (Wildman–Crippen MR) is 65.5 cm³/mol. The molecule has 0 N–H and O–H groups in total. The second-order valence-corrected chi connectivity index (χ2v) is 3.95. The van der Waals surface area contributed by atoms with Gasteiger partial charge in [0.25, 0.3) is 0 Å². The number of allylic oxidation sites excluding steroid dienone is 4. The molecule has 76 valence electrons. The Kier molecular flexibility index (Phi) is 11.9. The Morgan fingerprint density at radius 3 is 2.31 bits per heavy atom. The molecule has 0 saturated carbocycles. The zero-order chi connectivity index (χ0) is 9.78. The molecule has 1 heteroatoms. The van der Waals surface area contributed by atoms with E-state index in [1.54, 1.807) is 0 Å². The van der Waals surface area contributed by atoms with Crippen molar-refractivity contribution in [2.45, 2.75) is 45.4 Å². The Morgan fingerprint density at radius 2 is 1.62 bits per heavy atom. The number of halogens is 1. The molecule has 0 atom stereocenters. The maximum absolute atomic E-state index is 3.44. The highest BCUT2D eigenvalue weighted by Crippen LogP contribution is 2.04. The predicted octanol–water partition coefficient (Wildman–Crippen LogP) is 4.85. The van der Waals surface area contributed by atoms with Crippen LogP contribution in [0.15, 0.2) is 24.3 Å². The van der Waals surface area contributed by atoms with Gasteiger partial charge in [0.2, 0.25) is 0 Å². The van der Waals surface area contributed by atoms with Gasteiger partial charge in [-0.3, -0.25) is 0 Å². The van der Waals surface area contributed by atoms with E-state index in [2.05, 4.69) is 47.2 Å². The van der Waals surface area contributed by atoms with Crippen LogP contribution in [0, 0.1) is 0 Å². The van der Waals surface area contributed by atoms with Gasteiger partial charge in [-0.25, -0.2) is 0 Å². The molecule has 0 aromatic rings. The molecule has 0 aliphatic heterocycles. The van der Waals surface area contributed by atoms with Crippen LogP contribution in [0.5, 0.6) is 0 Å². The first-order valence-corrected chi connectivity index (χ1v) is 6.41. The standard InChI is InChI=1S/C12H21Br/c1-2-3-4-5-6-7-8-9-10-11-12-13/h3-6H,2,7-12H2,1H3. The maximum atomic E-state index is 3.44. The van der Waals surface area contributed by atoms with Gasteiger partial charge in [0.15, 0.2) is 0 Å². The highest BCUT2D eigenvalue weighted by atomic mass is 79.9. The Labute approximate surface area is 91.2 Å². The van der Waals surface area contributed by atoms with Crippen LogP contribution in [-0.2, 0) is 0 Å². The van der Waals surface area contributed by atoms with Crippen molar-refractivity contribution >= 4 is 15.9 Å². The van der Waals surface area contributed by atoms with Crippen molar-refractivity contribution in [1.82, 2.24) is 0 Å². The fourth-order valence-electron chi connectivity index (χ4n) is 1.10. The van der Waals surface area contributed by atoms with E-state index < -0.39 is 0 Å². The zero-order valence-electron chi connectivity index (χ0n) is 8.64. The van der Waals surface area contributed by atoms with E-state index in [1.165, 1.54) is 32.1 Å². The van der Waals surface area contributed by atoms with Crippen LogP contribution in [0.25, 0.3) is 0 Å². The minimum atomic E-state index is 1.13. The van der Waals surface area contributed by atoms with Gasteiger partial charge < -0.3 is 0 Å². The van der Waals surface area contributed by atoms with Gasteiger partial charge in [-0.05, 0) is 25.7 Å². The van der Waals surface area contributed by atoms with E-state index in [0.29, 0.717) is 0 Å². The number of alkyl halides is 1. The Hall–Kier alpha value is -0.0400. The molecule has 0 amide bonds. The average Bonchev–Trinajstić information content (AvgIpc) is 2.16. The largest absolute Gasteiger partial charge is 0.0928 e. The normalized spacial score (nSPS) is 11.8. The second kappa shape index (κ2) is 12.0. The second-order valence-electron chi connectivity index (χ2n) is 3.16. The quantitative estimate of drug-likeness (QED) is 0.325. The third-order valence-corrected chi connectivity index (χ3v) is 2.43. The Morgan fingerprint density at radius 1 is 0.923 bits per heavy atom. The van der Waals surface area contributed by atoms with Crippen molar-refractivity contribution in [3.8, 4) is 0 Å². The zero-order valence-corrected chi connectivity index (χ0v) is 10.2. The lowest BCUT2D eigenvalue weighted by atomic mass is 10.1. The van der Waals surface area contributed by atoms with Gasteiger partial charge in [-0.2, -0.15) is 0 Å². The van der Waals surface area contributed by atoms with Crippen LogP contribution in [0.3, 0.4) is 0 Å². The summed E-state index contributed by atoms with van der Waals surface area (Å²) in [6.07, 6.45) is 16.5. The first kappa shape index (κ1) is 13.0. The van der Waals surface area contributed by atoms with E-state index in [9.17, 15) is 0 Å². The lowest BCUT2D eigenvalue weighted by Crippen LogP contribution is -1.77. The van der Waals surface area contributed by atoms with Gasteiger partial charge in [-0.15, -0.1) is 0 Å². The summed E-state index contributed by atoms with van der Waals surface area (Å²) in [6.45, 7) is 2.16. The first-order chi connectivity index (χ1) is 6.41. The molecule has 0 aliphatic rings. The van der Waals surface area contributed by atoms with Crippen molar-refractivity contribution in [1.29, 1.82) is 0 Å². The molecule has 13 heavy (non-hydrogen) atoms. The first-order valence-electron chi connectivity index (χ1n) is 5.29. The summed E-state index contributed by atoms with van der Waals surface area (Å²) in [5.41, 5.74) is 0. The third-order valence-electron chi connectivity index (χ3n) is 1.87. The molecule has 0 nitrogen and oxygen atoms in total. The SMILES string of the molecule is CCC=CC=CCCCCCCBr. The van der Waals surface area contributed by atoms with E-state index in [4.69, 9.17) is 0 Å². The van der Waals surface area contributed by atoms with Crippen molar-refractivity contribution in [2.75, 3.05) is 5.33 Å². The highest BCUT2D eigenvalue weighted by molar-refractivity contribution is 9.09. The lowest BCUT2D eigenvalue weighted by molar-refractivity contribution is 0.679. The monoisotopic (exact) mass is 244 g/mol. The molecule has 0 aromatic carbocycles. The van der Waals surface area contributed by atoms with Crippen molar-refractivity contribution in [3.63, 3.8) is 0 Å². The van der Waals surface area contributed by atoms with E-state index in [0.717, 1.165) is 11.8 Å². The van der Waals surface area contributed by atoms with Gasteiger partial charge in [0, 0.05) is 5.33 Å². The number of unbranched alkanes of at least 4 members (excludes halogenated alkanes) is 4. The summed E-state index contributed by atoms with van der Waals surface area (Å²) >= 11 is 3.44. The fourth-order valence-corrected chi connectivity index (χ4v) is 1.50. The molecular formula is C12H21Br. The molecule has 0 radical (unpaired) electrons. The van der Waals surface area contributed by atoms with Crippen molar-refractivity contribution < 1.29 is 0 Å². The van der Waals surface area contributed by atoms with E-state index in [1.807, 2.05) is 0 Å². The molecule has 0 heterocycles. The number of rotatable bonds is 8. The minimum Gasteiger partial charge on any atom is -0.0928 e. The van der Waals surface area contributed by atoms with Gasteiger partial charge >= 0.3 is 0 Å². The summed E-state index contributed by atoms with van der Waals surface area (Å²) < 4.78 is 0. The fraction of sp³-hybridized carbons (Fsp3) is 0.667. The van der Waals surface area contributed by atoms with Crippen LogP contribution >= 0.6 is 15.9 Å². The Balaban J connectivity index is 3.06. The summed E-state index contributed by atoms with van der Waals surface area (Å²) in [4.78, 5) is 0. The average molecular weight is 245 g/mol. The molecule has 0 unspecified atom stereocenters. The maximum Gasteiger partial charge on any atom is 0.00313 e. The summed E-state index contributed by atoms with van der Waals surface area (Å²) in [5, 5.41) is 1.15. The molecule has 0 bridgehead atoms. The van der Waals surface area contributed by atoms with Crippen molar-refractivity contribution in [2.24, 2.45) is 0 Å². The van der Waals surface area contributed by atoms with Crippen molar-refractivity contribution in [3.05, 3.63) is 24.3 Å². The third kappa shape index (κ3) is 12.0. The topological polar surface area (TPSA) is 0 Å². The summed E-state index contributed by atoms with van der Waals surface area (Å²) in [5.74, 6) is 0. The van der Waals surface area contributed by atoms with Crippen LogP contribution in [0.1, 0.15) is 45.4 Å². The molecule has 0 aliphatic carbocycles. The molecule has 0 rings (SSSR count). The van der Waals surface area contributed by atoms with Gasteiger partial charge in [0.1, 0.15) is 0 Å². The summed E-state index contributed by atoms with van der Waals surface area (Å²) in [7, 11) is 0. The smallest absolute Gasteiger partial charge is 0.00313 e. The lowest BCUT2D eigenvalue weighted by Gasteiger charge is -1.94. The van der Waals surface area contributed by atoms with Crippen LogP contribution in [0.4, 0.5) is 0 Å². The molecular weight excluding hydrogens is 224 g/mol. The van der Waals surface area contributed by atoms with Crippen LogP contribution in [0.2, 0.25) is 0 Å². The van der Waals surface area contributed by atoms with Gasteiger partial charge in [0.05, 0.1) is 0 Å². The summed E-state index contributed by atoms with van der Waals surface area (Å²) in [6, 6.07) is 0. The Bertz CT molecular complexity index is 136. The van der Waals surface area contributed by atoms with Gasteiger partial charge in [-0.1, -0.05) is 60.0 Å². The molecule has 0 fully saturated rings. The highest BCUT2D eigenvalue weighted by Gasteiger charge is 1.85. The molecule has 0 spiro atoms. The minimum absolute atomic E-state index is 1.13. The van der Waals surface area contributed by atoms with Crippen LogP contribution in [-0.4, -0.2) is 5.33 Å². The number of hydrogen-bond acceptors (Lipinski definition) is 0. The molecule has 0 saturated heterocycles. The van der Waals surface area contributed by atoms with E-state index >= 15 is 0 Å².